The van der Waals surface area contributed by atoms with Crippen molar-refractivity contribution in [1.29, 1.82) is 0 Å². The number of imidazole rings is 1. The van der Waals surface area contributed by atoms with Gasteiger partial charge in [0, 0.05) is 17.8 Å². The van der Waals surface area contributed by atoms with Crippen molar-refractivity contribution < 1.29 is 14.7 Å². The Morgan fingerprint density at radius 1 is 1.50 bits per heavy atom. The number of carbonyl (C=O) groups excluding carboxylic acids is 1. The van der Waals surface area contributed by atoms with E-state index in [0.717, 1.165) is 4.96 Å². The van der Waals surface area contributed by atoms with Crippen molar-refractivity contribution in [3.8, 4) is 0 Å². The Labute approximate surface area is 120 Å². The van der Waals surface area contributed by atoms with Crippen LogP contribution >= 0.6 is 11.3 Å². The normalized spacial score (nSPS) is 13.3. The number of thiazole rings is 1. The van der Waals surface area contributed by atoms with Gasteiger partial charge >= 0.3 is 5.97 Å². The number of hydrogen-bond donors (Lipinski definition) is 2. The number of nitrogens with zero attached hydrogens (tertiary/aromatic N) is 2. The van der Waals surface area contributed by atoms with Gasteiger partial charge in [0.15, 0.2) is 4.96 Å². The number of aromatic nitrogens is 2. The summed E-state index contributed by atoms with van der Waals surface area (Å²) in [5.41, 5.74) is 0.0863. The van der Waals surface area contributed by atoms with Gasteiger partial charge in [0.2, 0.25) is 5.91 Å². The molecule has 0 fully saturated rings. The molecule has 7 heteroatoms. The summed E-state index contributed by atoms with van der Waals surface area (Å²) in [6.45, 7) is 5.33. The second-order valence-corrected chi connectivity index (χ2v) is 6.58. The average Bonchev–Trinajstić information content (AvgIpc) is 2.84. The molecule has 108 valence electrons. The Morgan fingerprint density at radius 3 is 2.75 bits per heavy atom. The lowest BCUT2D eigenvalue weighted by molar-refractivity contribution is -0.144. The van der Waals surface area contributed by atoms with Gasteiger partial charge in [-0.1, -0.05) is 20.8 Å². The lowest BCUT2D eigenvalue weighted by Crippen LogP contribution is -2.49. The first-order chi connectivity index (χ1) is 9.27. The maximum absolute atomic E-state index is 12.0. The fourth-order valence-electron chi connectivity index (χ4n) is 1.89. The molecule has 0 aliphatic heterocycles. The standard InChI is InChI=1S/C13H17N3O3S/c1-13(2,3)10(11(18)19)15-9(17)6-8-7-16-4-5-20-12(16)14-8/h4-5,7,10H,6H2,1-3H3,(H,15,17)(H,18,19)/t10-/m1/s1. The topological polar surface area (TPSA) is 83.7 Å². The number of hydrogen-bond acceptors (Lipinski definition) is 4. The Balaban J connectivity index is 2.04. The first-order valence-electron chi connectivity index (χ1n) is 6.20. The van der Waals surface area contributed by atoms with Gasteiger partial charge in [0.05, 0.1) is 12.1 Å². The zero-order valence-electron chi connectivity index (χ0n) is 11.6. The molecule has 1 amide bonds. The molecule has 0 saturated carbocycles. The summed E-state index contributed by atoms with van der Waals surface area (Å²) in [5.74, 6) is -1.37. The third-order valence-corrected chi connectivity index (χ3v) is 3.67. The minimum atomic E-state index is -1.03. The van der Waals surface area contributed by atoms with Crippen LogP contribution in [0, 0.1) is 5.41 Å². The monoisotopic (exact) mass is 295 g/mol. The Hall–Kier alpha value is -1.89. The van der Waals surface area contributed by atoms with Crippen molar-refractivity contribution in [2.75, 3.05) is 0 Å². The number of fused-ring (bicyclic) bond motifs is 1. The van der Waals surface area contributed by atoms with Crippen LogP contribution in [0.25, 0.3) is 4.96 Å². The van der Waals surface area contributed by atoms with Crippen LogP contribution in [0.5, 0.6) is 0 Å². The van der Waals surface area contributed by atoms with Gasteiger partial charge in [-0.25, -0.2) is 9.78 Å². The quantitative estimate of drug-likeness (QED) is 0.896. The van der Waals surface area contributed by atoms with Crippen LogP contribution in [0.15, 0.2) is 17.8 Å². The second-order valence-electron chi connectivity index (χ2n) is 5.71. The summed E-state index contributed by atoms with van der Waals surface area (Å²) in [6.07, 6.45) is 3.72. The molecule has 0 aliphatic carbocycles. The number of carboxylic acids is 1. The van der Waals surface area contributed by atoms with Crippen molar-refractivity contribution in [3.63, 3.8) is 0 Å². The minimum Gasteiger partial charge on any atom is -0.480 e. The minimum absolute atomic E-state index is 0.0776. The Morgan fingerprint density at radius 2 is 2.20 bits per heavy atom. The van der Waals surface area contributed by atoms with Crippen molar-refractivity contribution in [3.05, 3.63) is 23.5 Å². The number of nitrogens with one attached hydrogen (secondary N) is 1. The Kier molecular flexibility index (Phi) is 3.80. The number of aliphatic carboxylic acids is 1. The molecule has 0 bridgehead atoms. The SMILES string of the molecule is CC(C)(C)[C@H](NC(=O)Cc1cn2ccsc2n1)C(=O)O. The highest BCUT2D eigenvalue weighted by atomic mass is 32.1. The number of carbonyl (C=O) groups is 2. The van der Waals surface area contributed by atoms with E-state index < -0.39 is 17.4 Å². The van der Waals surface area contributed by atoms with Crippen LogP contribution in [-0.4, -0.2) is 32.4 Å². The molecule has 2 aromatic heterocycles. The first kappa shape index (κ1) is 14.5. The molecule has 2 N–H and O–H groups in total. The molecule has 2 heterocycles. The molecular weight excluding hydrogens is 278 g/mol. The van der Waals surface area contributed by atoms with Crippen LogP contribution in [0.2, 0.25) is 0 Å². The van der Waals surface area contributed by atoms with Crippen LogP contribution < -0.4 is 5.32 Å². The van der Waals surface area contributed by atoms with Gasteiger partial charge in [-0.05, 0) is 5.41 Å². The largest absolute Gasteiger partial charge is 0.480 e. The van der Waals surface area contributed by atoms with Crippen LogP contribution in [0.3, 0.4) is 0 Å². The number of carboxylic acid groups (broad SMARTS) is 1. The molecule has 2 aromatic rings. The van der Waals surface area contributed by atoms with E-state index in [9.17, 15) is 14.7 Å². The summed E-state index contributed by atoms with van der Waals surface area (Å²) in [5, 5.41) is 13.6. The average molecular weight is 295 g/mol. The molecule has 0 aromatic carbocycles. The van der Waals surface area contributed by atoms with E-state index in [4.69, 9.17) is 0 Å². The lowest BCUT2D eigenvalue weighted by Gasteiger charge is -2.27. The molecule has 20 heavy (non-hydrogen) atoms. The van der Waals surface area contributed by atoms with E-state index in [1.165, 1.54) is 11.3 Å². The van der Waals surface area contributed by atoms with Gasteiger partial charge < -0.3 is 10.4 Å². The number of rotatable bonds is 4. The van der Waals surface area contributed by atoms with Crippen molar-refractivity contribution >= 4 is 28.2 Å². The molecule has 0 radical (unpaired) electrons. The highest BCUT2D eigenvalue weighted by molar-refractivity contribution is 7.15. The molecule has 0 spiro atoms. The van der Waals surface area contributed by atoms with Crippen LogP contribution in [0.1, 0.15) is 26.5 Å². The third-order valence-electron chi connectivity index (χ3n) is 2.90. The first-order valence-corrected chi connectivity index (χ1v) is 7.08. The summed E-state index contributed by atoms with van der Waals surface area (Å²) in [6, 6.07) is -0.918. The fourth-order valence-corrected chi connectivity index (χ4v) is 2.61. The Bertz CT molecular complexity index is 610. The second kappa shape index (κ2) is 5.24. The summed E-state index contributed by atoms with van der Waals surface area (Å²) < 4.78 is 1.84. The zero-order valence-corrected chi connectivity index (χ0v) is 12.4. The van der Waals surface area contributed by atoms with Gasteiger partial charge in [0.1, 0.15) is 6.04 Å². The van der Waals surface area contributed by atoms with E-state index in [1.54, 1.807) is 27.0 Å². The summed E-state index contributed by atoms with van der Waals surface area (Å²) in [4.78, 5) is 28.3. The predicted molar refractivity (Wildman–Crippen MR) is 75.8 cm³/mol. The molecule has 0 unspecified atom stereocenters. The van der Waals surface area contributed by atoms with E-state index >= 15 is 0 Å². The fraction of sp³-hybridized carbons (Fsp3) is 0.462. The molecule has 2 rings (SSSR count). The van der Waals surface area contributed by atoms with Crippen LogP contribution in [-0.2, 0) is 16.0 Å². The van der Waals surface area contributed by atoms with Crippen molar-refractivity contribution in [1.82, 2.24) is 14.7 Å². The van der Waals surface area contributed by atoms with Gasteiger partial charge in [-0.15, -0.1) is 11.3 Å². The van der Waals surface area contributed by atoms with Gasteiger partial charge in [-0.2, -0.15) is 0 Å². The highest BCUT2D eigenvalue weighted by Gasteiger charge is 2.32. The predicted octanol–water partition coefficient (Wildman–Crippen LogP) is 1.55. The molecular formula is C13H17N3O3S. The summed E-state index contributed by atoms with van der Waals surface area (Å²) >= 11 is 1.48. The number of amides is 1. The lowest BCUT2D eigenvalue weighted by atomic mass is 9.86. The van der Waals surface area contributed by atoms with Gasteiger partial charge in [0.25, 0.3) is 0 Å². The maximum atomic E-state index is 12.0. The highest BCUT2D eigenvalue weighted by Crippen LogP contribution is 2.19. The van der Waals surface area contributed by atoms with Crippen molar-refractivity contribution in [2.24, 2.45) is 5.41 Å². The van der Waals surface area contributed by atoms with E-state index in [0.29, 0.717) is 5.69 Å². The molecule has 1 atom stereocenters. The molecule has 0 saturated heterocycles. The molecule has 0 aliphatic rings. The van der Waals surface area contributed by atoms with Crippen molar-refractivity contribution in [2.45, 2.75) is 33.2 Å². The smallest absolute Gasteiger partial charge is 0.326 e. The third kappa shape index (κ3) is 3.16. The van der Waals surface area contributed by atoms with E-state index in [2.05, 4.69) is 10.3 Å². The van der Waals surface area contributed by atoms with Gasteiger partial charge in [-0.3, -0.25) is 9.20 Å². The van der Waals surface area contributed by atoms with E-state index in [-0.39, 0.29) is 12.3 Å². The van der Waals surface area contributed by atoms with Crippen LogP contribution in [0.4, 0.5) is 0 Å². The maximum Gasteiger partial charge on any atom is 0.326 e. The van der Waals surface area contributed by atoms with E-state index in [1.807, 2.05) is 16.0 Å². The molecule has 6 nitrogen and oxygen atoms in total. The summed E-state index contributed by atoms with van der Waals surface area (Å²) in [7, 11) is 0. The zero-order chi connectivity index (χ0) is 14.9.